The van der Waals surface area contributed by atoms with Crippen molar-refractivity contribution in [3.05, 3.63) is 0 Å². The summed E-state index contributed by atoms with van der Waals surface area (Å²) in [5.41, 5.74) is 5.61. The molecule has 0 fully saturated rings. The molecule has 0 aromatic heterocycles. The van der Waals surface area contributed by atoms with Crippen LogP contribution in [0.2, 0.25) is 0 Å². The highest BCUT2D eigenvalue weighted by atomic mass is 16.3. The van der Waals surface area contributed by atoms with Crippen molar-refractivity contribution < 1.29 is 9.90 Å². The van der Waals surface area contributed by atoms with Gasteiger partial charge in [-0.15, -0.1) is 11.8 Å². The van der Waals surface area contributed by atoms with Gasteiger partial charge in [0.25, 0.3) is 0 Å². The van der Waals surface area contributed by atoms with Crippen LogP contribution < -0.4 is 5.73 Å². The van der Waals surface area contributed by atoms with Gasteiger partial charge in [0.15, 0.2) is 0 Å². The van der Waals surface area contributed by atoms with Crippen LogP contribution in [-0.4, -0.2) is 17.6 Å². The Hall–Kier alpha value is -1.01. The van der Waals surface area contributed by atoms with Gasteiger partial charge in [0.2, 0.25) is 5.91 Å². The number of primary amides is 1. The second kappa shape index (κ2) is 19.7. The SMILES string of the molecule is CCCCCCCCC#CCCCCCCC(C(N)=O)C(CCC)CCO. The summed E-state index contributed by atoms with van der Waals surface area (Å²) >= 11 is 0. The molecule has 0 radical (unpaired) electrons. The fraction of sp³-hybridized carbons (Fsp3) is 0.875. The molecule has 2 unspecified atom stereocenters. The first-order valence-electron chi connectivity index (χ1n) is 11.5. The number of nitrogens with two attached hydrogens (primary N) is 1. The zero-order valence-corrected chi connectivity index (χ0v) is 18.1. The Labute approximate surface area is 168 Å². The summed E-state index contributed by atoms with van der Waals surface area (Å²) in [5, 5.41) is 9.22. The fourth-order valence-electron chi connectivity index (χ4n) is 3.80. The summed E-state index contributed by atoms with van der Waals surface area (Å²) in [4.78, 5) is 11.8. The Balaban J connectivity index is 3.73. The topological polar surface area (TPSA) is 63.3 Å². The number of hydrogen-bond acceptors (Lipinski definition) is 2. The molecule has 27 heavy (non-hydrogen) atoms. The average Bonchev–Trinajstić information content (AvgIpc) is 2.64. The predicted molar refractivity (Wildman–Crippen MR) is 116 cm³/mol. The van der Waals surface area contributed by atoms with Gasteiger partial charge in [-0.25, -0.2) is 0 Å². The molecule has 0 saturated heterocycles. The average molecular weight is 380 g/mol. The van der Waals surface area contributed by atoms with E-state index in [0.717, 1.165) is 51.4 Å². The van der Waals surface area contributed by atoms with Crippen LogP contribution in [0.4, 0.5) is 0 Å². The van der Waals surface area contributed by atoms with Gasteiger partial charge in [-0.05, 0) is 38.0 Å². The van der Waals surface area contributed by atoms with E-state index < -0.39 is 0 Å². The van der Waals surface area contributed by atoms with E-state index in [4.69, 9.17) is 5.73 Å². The lowest BCUT2D eigenvalue weighted by Crippen LogP contribution is -2.30. The second-order valence-corrected chi connectivity index (χ2v) is 7.89. The van der Waals surface area contributed by atoms with Crippen molar-refractivity contribution >= 4 is 5.91 Å². The summed E-state index contributed by atoms with van der Waals surface area (Å²) in [7, 11) is 0. The smallest absolute Gasteiger partial charge is 0.220 e. The zero-order valence-electron chi connectivity index (χ0n) is 18.1. The Kier molecular flexibility index (Phi) is 19.0. The first-order valence-corrected chi connectivity index (χ1v) is 11.5. The van der Waals surface area contributed by atoms with Gasteiger partial charge >= 0.3 is 0 Å². The molecule has 3 N–H and O–H groups in total. The highest BCUT2D eigenvalue weighted by Crippen LogP contribution is 2.26. The van der Waals surface area contributed by atoms with Gasteiger partial charge in [-0.3, -0.25) is 4.79 Å². The third-order valence-corrected chi connectivity index (χ3v) is 5.44. The molecule has 1 amide bonds. The van der Waals surface area contributed by atoms with Crippen molar-refractivity contribution in [3.63, 3.8) is 0 Å². The third kappa shape index (κ3) is 15.7. The lowest BCUT2D eigenvalue weighted by molar-refractivity contribution is -0.124. The number of aliphatic hydroxyl groups excluding tert-OH is 1. The highest BCUT2D eigenvalue weighted by Gasteiger charge is 2.24. The van der Waals surface area contributed by atoms with E-state index in [1.165, 1.54) is 44.9 Å². The lowest BCUT2D eigenvalue weighted by Gasteiger charge is -2.23. The minimum atomic E-state index is -0.192. The second-order valence-electron chi connectivity index (χ2n) is 7.89. The van der Waals surface area contributed by atoms with Gasteiger partial charge in [0.05, 0.1) is 0 Å². The molecule has 0 spiro atoms. The van der Waals surface area contributed by atoms with Crippen molar-refractivity contribution in [2.24, 2.45) is 17.6 Å². The van der Waals surface area contributed by atoms with Crippen molar-refractivity contribution in [2.75, 3.05) is 6.61 Å². The van der Waals surface area contributed by atoms with Crippen molar-refractivity contribution in [2.45, 2.75) is 117 Å². The molecule has 0 aromatic rings. The zero-order chi connectivity index (χ0) is 20.2. The fourth-order valence-corrected chi connectivity index (χ4v) is 3.80. The van der Waals surface area contributed by atoms with E-state index in [2.05, 4.69) is 25.7 Å². The number of unbranched alkanes of at least 4 members (excludes halogenated alkanes) is 10. The number of aliphatic hydroxyl groups is 1. The molecule has 0 aliphatic heterocycles. The van der Waals surface area contributed by atoms with E-state index in [1.807, 2.05) is 0 Å². The Morgan fingerprint density at radius 2 is 1.33 bits per heavy atom. The van der Waals surface area contributed by atoms with Crippen LogP contribution in [0, 0.1) is 23.7 Å². The van der Waals surface area contributed by atoms with Crippen LogP contribution >= 0.6 is 0 Å². The number of carbonyl (C=O) groups is 1. The van der Waals surface area contributed by atoms with E-state index >= 15 is 0 Å². The minimum Gasteiger partial charge on any atom is -0.396 e. The highest BCUT2D eigenvalue weighted by molar-refractivity contribution is 5.76. The first kappa shape index (κ1) is 26.0. The van der Waals surface area contributed by atoms with Crippen LogP contribution in [0.25, 0.3) is 0 Å². The summed E-state index contributed by atoms with van der Waals surface area (Å²) < 4.78 is 0. The molecule has 0 saturated carbocycles. The molecule has 0 aromatic carbocycles. The summed E-state index contributed by atoms with van der Waals surface area (Å²) in [6.45, 7) is 4.52. The van der Waals surface area contributed by atoms with Crippen LogP contribution in [0.5, 0.6) is 0 Å². The Bertz CT molecular complexity index is 391. The minimum absolute atomic E-state index is 0.0748. The molecule has 0 aliphatic rings. The Morgan fingerprint density at radius 3 is 1.85 bits per heavy atom. The van der Waals surface area contributed by atoms with E-state index in [0.29, 0.717) is 6.42 Å². The number of amides is 1. The lowest BCUT2D eigenvalue weighted by atomic mass is 9.82. The van der Waals surface area contributed by atoms with Crippen LogP contribution in [0.3, 0.4) is 0 Å². The molecule has 0 aliphatic carbocycles. The molecule has 0 heterocycles. The van der Waals surface area contributed by atoms with Crippen molar-refractivity contribution in [1.29, 1.82) is 0 Å². The van der Waals surface area contributed by atoms with E-state index in [1.54, 1.807) is 0 Å². The molecule has 0 bridgehead atoms. The van der Waals surface area contributed by atoms with Gasteiger partial charge < -0.3 is 10.8 Å². The predicted octanol–water partition coefficient (Wildman–Crippen LogP) is 5.98. The van der Waals surface area contributed by atoms with Crippen molar-refractivity contribution in [1.82, 2.24) is 0 Å². The summed E-state index contributed by atoms with van der Waals surface area (Å²) in [5.74, 6) is 6.59. The Morgan fingerprint density at radius 1 is 0.778 bits per heavy atom. The van der Waals surface area contributed by atoms with Gasteiger partial charge in [-0.1, -0.05) is 71.6 Å². The maximum atomic E-state index is 11.8. The first-order chi connectivity index (χ1) is 13.2. The third-order valence-electron chi connectivity index (χ3n) is 5.44. The van der Waals surface area contributed by atoms with Gasteiger partial charge in [-0.2, -0.15) is 0 Å². The van der Waals surface area contributed by atoms with Crippen molar-refractivity contribution in [3.8, 4) is 11.8 Å². The molecule has 3 nitrogen and oxygen atoms in total. The molecule has 0 rings (SSSR count). The summed E-state index contributed by atoms with van der Waals surface area (Å²) in [6.07, 6.45) is 18.1. The number of carbonyl (C=O) groups excluding carboxylic acids is 1. The summed E-state index contributed by atoms with van der Waals surface area (Å²) in [6, 6.07) is 0. The maximum absolute atomic E-state index is 11.8. The molecular formula is C24H45NO2. The maximum Gasteiger partial charge on any atom is 0.220 e. The number of hydrogen-bond donors (Lipinski definition) is 2. The van der Waals surface area contributed by atoms with Crippen LogP contribution in [0.15, 0.2) is 0 Å². The molecule has 158 valence electrons. The molecule has 3 heteroatoms. The van der Waals surface area contributed by atoms with Crippen LogP contribution in [0.1, 0.15) is 117 Å². The standard InChI is InChI=1S/C24H45NO2/c1-3-5-6-7-8-9-10-11-12-13-14-15-16-17-19-23(24(25)27)22(18-4-2)20-21-26/h22-23,26H,3-10,13-21H2,1-2H3,(H2,25,27). The van der Waals surface area contributed by atoms with E-state index in [9.17, 15) is 9.90 Å². The normalized spacial score (nSPS) is 13.0. The van der Waals surface area contributed by atoms with E-state index in [-0.39, 0.29) is 24.3 Å². The number of rotatable bonds is 18. The quantitative estimate of drug-likeness (QED) is 0.227. The van der Waals surface area contributed by atoms with Crippen LogP contribution in [-0.2, 0) is 4.79 Å². The molecular weight excluding hydrogens is 334 g/mol. The van der Waals surface area contributed by atoms with Gasteiger partial charge in [0, 0.05) is 25.4 Å². The monoisotopic (exact) mass is 379 g/mol. The van der Waals surface area contributed by atoms with Gasteiger partial charge in [0.1, 0.15) is 0 Å². The molecule has 2 atom stereocenters. The largest absolute Gasteiger partial charge is 0.396 e.